The van der Waals surface area contributed by atoms with Gasteiger partial charge in [0.15, 0.2) is 5.60 Å². The number of benzene rings is 2. The van der Waals surface area contributed by atoms with Crippen LogP contribution >= 0.6 is 0 Å². The molecule has 1 saturated heterocycles. The van der Waals surface area contributed by atoms with Gasteiger partial charge in [-0.2, -0.15) is 0 Å². The van der Waals surface area contributed by atoms with Gasteiger partial charge in [0.2, 0.25) is 23.5 Å². The van der Waals surface area contributed by atoms with Crippen molar-refractivity contribution < 1.29 is 33.5 Å². The maximum absolute atomic E-state index is 14.8. The summed E-state index contributed by atoms with van der Waals surface area (Å²) in [7, 11) is 0. The summed E-state index contributed by atoms with van der Waals surface area (Å²) in [5.41, 5.74) is 2.84. The minimum atomic E-state index is -1.04. The quantitative estimate of drug-likeness (QED) is 0.241. The SMILES string of the molecule is CCNC(=O)C(=O)[C@H](CC1CC1)NC(=O)[C@@H]1C[C@]2(CC(c3cc(C)c(OCC)c(C)c3)=NO2)CN1C(=O)[C@@H](NC(=O)[C@@H]1C[C@H]1c1ccccc1)C(C)(C)C. The van der Waals surface area contributed by atoms with Crippen molar-refractivity contribution in [3.8, 4) is 5.75 Å². The van der Waals surface area contributed by atoms with E-state index in [-0.39, 0.29) is 43.2 Å². The molecular weight excluding hydrogens is 686 g/mol. The lowest BCUT2D eigenvalue weighted by Crippen LogP contribution is -2.59. The molecule has 12 nitrogen and oxygen atoms in total. The molecule has 6 atom stereocenters. The smallest absolute Gasteiger partial charge is 0.289 e. The number of hydrogen-bond acceptors (Lipinski definition) is 8. The molecule has 290 valence electrons. The normalized spacial score (nSPS) is 24.2. The van der Waals surface area contributed by atoms with Gasteiger partial charge in [-0.25, -0.2) is 0 Å². The number of ketones is 1. The number of nitrogens with one attached hydrogen (secondary N) is 3. The van der Waals surface area contributed by atoms with E-state index in [1.165, 1.54) is 4.90 Å². The van der Waals surface area contributed by atoms with E-state index in [1.807, 2.05) is 84.0 Å². The molecule has 2 saturated carbocycles. The summed E-state index contributed by atoms with van der Waals surface area (Å²) in [4.78, 5) is 76.5. The third kappa shape index (κ3) is 8.47. The molecule has 2 heterocycles. The minimum Gasteiger partial charge on any atom is -0.493 e. The Balaban J connectivity index is 1.26. The number of carbonyl (C=O) groups excluding carboxylic acids is 5. The molecule has 2 aromatic rings. The van der Waals surface area contributed by atoms with Crippen LogP contribution in [-0.2, 0) is 28.8 Å². The van der Waals surface area contributed by atoms with Crippen LogP contribution in [0.3, 0.4) is 0 Å². The van der Waals surface area contributed by atoms with Gasteiger partial charge in [0.05, 0.1) is 24.9 Å². The van der Waals surface area contributed by atoms with Gasteiger partial charge in [-0.15, -0.1) is 0 Å². The summed E-state index contributed by atoms with van der Waals surface area (Å²) in [6.45, 7) is 14.2. The lowest BCUT2D eigenvalue weighted by molar-refractivity contribution is -0.145. The lowest BCUT2D eigenvalue weighted by Gasteiger charge is -2.35. The summed E-state index contributed by atoms with van der Waals surface area (Å²) >= 11 is 0. The second-order valence-electron chi connectivity index (χ2n) is 16.7. The second kappa shape index (κ2) is 15.5. The monoisotopic (exact) mass is 741 g/mol. The molecule has 2 aliphatic carbocycles. The number of oxime groups is 1. The van der Waals surface area contributed by atoms with Gasteiger partial charge in [-0.05, 0) is 86.6 Å². The van der Waals surface area contributed by atoms with E-state index in [9.17, 15) is 24.0 Å². The number of Topliss-reactive ketones (excluding diaryl/α,β-unsaturated/α-hetero) is 1. The fourth-order valence-corrected chi connectivity index (χ4v) is 7.98. The predicted molar refractivity (Wildman–Crippen MR) is 204 cm³/mol. The van der Waals surface area contributed by atoms with Crippen molar-refractivity contribution in [2.45, 2.75) is 117 Å². The van der Waals surface area contributed by atoms with E-state index < -0.39 is 52.6 Å². The topological polar surface area (TPSA) is 156 Å². The first kappa shape index (κ1) is 39.0. The Morgan fingerprint density at radius 2 is 1.69 bits per heavy atom. The molecule has 2 aliphatic heterocycles. The van der Waals surface area contributed by atoms with E-state index in [0.717, 1.165) is 40.8 Å². The van der Waals surface area contributed by atoms with Gasteiger partial charge in [0.25, 0.3) is 5.91 Å². The first-order valence-electron chi connectivity index (χ1n) is 19.4. The Morgan fingerprint density at radius 1 is 1.00 bits per heavy atom. The molecular formula is C42H55N5O7. The van der Waals surface area contributed by atoms with Crippen molar-refractivity contribution in [1.29, 1.82) is 0 Å². The first-order valence-corrected chi connectivity index (χ1v) is 19.4. The highest BCUT2D eigenvalue weighted by molar-refractivity contribution is 6.38. The predicted octanol–water partition coefficient (Wildman–Crippen LogP) is 4.49. The van der Waals surface area contributed by atoms with Crippen LogP contribution in [0.15, 0.2) is 47.6 Å². The van der Waals surface area contributed by atoms with E-state index in [0.29, 0.717) is 31.6 Å². The summed E-state index contributed by atoms with van der Waals surface area (Å²) in [6.07, 6.45) is 3.33. The summed E-state index contributed by atoms with van der Waals surface area (Å²) in [5, 5.41) is 13.0. The van der Waals surface area contributed by atoms with E-state index in [1.54, 1.807) is 6.92 Å². The van der Waals surface area contributed by atoms with E-state index >= 15 is 0 Å². The van der Waals surface area contributed by atoms with Crippen molar-refractivity contribution in [3.63, 3.8) is 0 Å². The van der Waals surface area contributed by atoms with Crippen molar-refractivity contribution >= 4 is 35.1 Å². The van der Waals surface area contributed by atoms with Gasteiger partial charge in [-0.3, -0.25) is 24.0 Å². The zero-order valence-electron chi connectivity index (χ0n) is 32.6. The number of rotatable bonds is 14. The fraction of sp³-hybridized carbons (Fsp3) is 0.571. The van der Waals surface area contributed by atoms with Crippen molar-refractivity contribution in [1.82, 2.24) is 20.9 Å². The molecule has 12 heteroatoms. The molecule has 0 aromatic heterocycles. The number of amides is 4. The number of hydrogen-bond donors (Lipinski definition) is 3. The highest BCUT2D eigenvalue weighted by atomic mass is 16.7. The van der Waals surface area contributed by atoms with Gasteiger partial charge < -0.3 is 30.4 Å². The minimum absolute atomic E-state index is 0.0436. The molecule has 0 unspecified atom stereocenters. The van der Waals surface area contributed by atoms with Crippen LogP contribution in [-0.4, -0.2) is 83.4 Å². The van der Waals surface area contributed by atoms with Crippen LogP contribution < -0.4 is 20.7 Å². The highest BCUT2D eigenvalue weighted by Gasteiger charge is 2.56. The molecule has 6 rings (SSSR count). The maximum Gasteiger partial charge on any atom is 0.289 e. The van der Waals surface area contributed by atoms with Crippen LogP contribution in [0.4, 0.5) is 0 Å². The molecule has 2 aromatic carbocycles. The van der Waals surface area contributed by atoms with Gasteiger partial charge >= 0.3 is 0 Å². The maximum atomic E-state index is 14.8. The largest absolute Gasteiger partial charge is 0.493 e. The Morgan fingerprint density at radius 3 is 2.30 bits per heavy atom. The number of likely N-dealkylation sites (tertiary alicyclic amines) is 1. The Kier molecular flexibility index (Phi) is 11.2. The number of aryl methyl sites for hydroxylation is 2. The first-order chi connectivity index (χ1) is 25.6. The molecule has 0 radical (unpaired) electrons. The fourth-order valence-electron chi connectivity index (χ4n) is 7.98. The molecule has 1 spiro atoms. The van der Waals surface area contributed by atoms with E-state index in [2.05, 4.69) is 21.1 Å². The van der Waals surface area contributed by atoms with Crippen LogP contribution in [0.5, 0.6) is 5.75 Å². The van der Waals surface area contributed by atoms with Gasteiger partial charge in [-0.1, -0.05) is 69.1 Å². The molecule has 4 amide bonds. The third-order valence-corrected chi connectivity index (χ3v) is 11.1. The zero-order chi connectivity index (χ0) is 38.9. The average molecular weight is 742 g/mol. The van der Waals surface area contributed by atoms with Crippen molar-refractivity contribution in [3.05, 3.63) is 64.7 Å². The molecule has 3 N–H and O–H groups in total. The molecule has 54 heavy (non-hydrogen) atoms. The van der Waals surface area contributed by atoms with Crippen LogP contribution in [0, 0.1) is 31.1 Å². The standard InChI is InChI=1S/C42H55N5O7/c1-8-43-39(51)34(48)31(19-26-15-16-26)44-38(50)33-22-42(21-32(46-54-42)28-17-24(3)35(53-9-2)25(4)18-28)23-47(33)40(52)36(41(5,6)7)45-37(49)30-20-29(30)27-13-11-10-12-14-27/h10-14,17-18,26,29-31,33,36H,8-9,15-16,19-23H2,1-7H3,(H,43,51)(H,44,50)(H,45,49)/t29-,30+,31-,33-,36+,42+/m0/s1. The van der Waals surface area contributed by atoms with Crippen molar-refractivity contribution in [2.75, 3.05) is 19.7 Å². The summed E-state index contributed by atoms with van der Waals surface area (Å²) in [5.74, 6) is -1.73. The van der Waals surface area contributed by atoms with Crippen LogP contribution in [0.2, 0.25) is 0 Å². The molecule has 3 fully saturated rings. The third-order valence-electron chi connectivity index (χ3n) is 11.1. The molecule has 4 aliphatic rings. The zero-order valence-corrected chi connectivity index (χ0v) is 32.6. The lowest BCUT2D eigenvalue weighted by atomic mass is 9.85. The van der Waals surface area contributed by atoms with Crippen LogP contribution in [0.25, 0.3) is 0 Å². The van der Waals surface area contributed by atoms with Crippen LogP contribution in [0.1, 0.15) is 101 Å². The van der Waals surface area contributed by atoms with Gasteiger partial charge in [0, 0.05) is 30.9 Å². The average Bonchev–Trinajstić information content (AvgIpc) is 4.05. The summed E-state index contributed by atoms with van der Waals surface area (Å²) in [6, 6.07) is 10.9. The second-order valence-corrected chi connectivity index (χ2v) is 16.7. The number of likely N-dealkylation sites (N-methyl/N-ethyl adjacent to an activating group) is 1. The van der Waals surface area contributed by atoms with E-state index in [4.69, 9.17) is 9.57 Å². The number of ether oxygens (including phenoxy) is 1. The highest BCUT2D eigenvalue weighted by Crippen LogP contribution is 2.48. The number of nitrogens with zero attached hydrogens (tertiary/aromatic N) is 2. The Hall–Kier alpha value is -4.74. The Labute approximate surface area is 318 Å². The number of carbonyl (C=O) groups is 5. The molecule has 0 bridgehead atoms. The summed E-state index contributed by atoms with van der Waals surface area (Å²) < 4.78 is 5.85. The van der Waals surface area contributed by atoms with Crippen molar-refractivity contribution in [2.24, 2.45) is 22.4 Å². The Bertz CT molecular complexity index is 1790. The van der Waals surface area contributed by atoms with Gasteiger partial charge in [0.1, 0.15) is 17.8 Å².